The van der Waals surface area contributed by atoms with Crippen LogP contribution in [-0.2, 0) is 8.85 Å². The Balaban J connectivity index is 1.56. The minimum Gasteiger partial charge on any atom is -0.543 e. The molecule has 194 valence electrons. The van der Waals surface area contributed by atoms with E-state index in [4.69, 9.17) is 8.85 Å². The third-order valence-corrected chi connectivity index (χ3v) is 17.8. The van der Waals surface area contributed by atoms with Gasteiger partial charge in [0.15, 0.2) is 0 Å². The van der Waals surface area contributed by atoms with E-state index in [-0.39, 0.29) is 10.1 Å². The van der Waals surface area contributed by atoms with Gasteiger partial charge in [-0.15, -0.1) is 0 Å². The molecule has 0 radical (unpaired) electrons. The summed E-state index contributed by atoms with van der Waals surface area (Å²) in [6, 6.07) is 17.7. The van der Waals surface area contributed by atoms with Crippen LogP contribution in [-0.4, -0.2) is 16.6 Å². The second-order valence-electron chi connectivity index (χ2n) is 13.8. The van der Waals surface area contributed by atoms with E-state index in [0.717, 1.165) is 24.4 Å². The van der Waals surface area contributed by atoms with Gasteiger partial charge in [0.2, 0.25) is 16.6 Å². The van der Waals surface area contributed by atoms with Crippen molar-refractivity contribution in [2.24, 2.45) is 0 Å². The zero-order valence-electron chi connectivity index (χ0n) is 24.2. The fraction of sp³-hybridized carbons (Fsp3) is 0.500. The van der Waals surface area contributed by atoms with Crippen molar-refractivity contribution >= 4 is 28.2 Å². The Morgan fingerprint density at radius 1 is 0.583 bits per heavy atom. The highest BCUT2D eigenvalue weighted by molar-refractivity contribution is 6.75. The molecule has 0 fully saturated rings. The first-order valence-electron chi connectivity index (χ1n) is 13.6. The molecule has 2 aromatic rings. The molecule has 0 aromatic heterocycles. The largest absolute Gasteiger partial charge is 0.543 e. The van der Waals surface area contributed by atoms with E-state index in [9.17, 15) is 0 Å². The van der Waals surface area contributed by atoms with E-state index in [2.05, 4.69) is 128 Å². The summed E-state index contributed by atoms with van der Waals surface area (Å²) < 4.78 is 13.6. The van der Waals surface area contributed by atoms with Crippen molar-refractivity contribution in [1.82, 2.24) is 0 Å². The van der Waals surface area contributed by atoms with Crippen LogP contribution in [0.5, 0.6) is 0 Å². The molecular weight excluding hydrogens is 473 g/mol. The van der Waals surface area contributed by atoms with Gasteiger partial charge in [-0.25, -0.2) is 0 Å². The van der Waals surface area contributed by atoms with Crippen LogP contribution in [0.15, 0.2) is 60.7 Å². The minimum atomic E-state index is -1.90. The first-order chi connectivity index (χ1) is 16.6. The molecule has 0 heterocycles. The molecule has 0 aliphatic heterocycles. The molecule has 0 saturated carbocycles. The molecule has 2 aromatic carbocycles. The highest BCUT2D eigenvalue weighted by atomic mass is 28.4. The lowest BCUT2D eigenvalue weighted by atomic mass is 9.89. The first-order valence-corrected chi connectivity index (χ1v) is 19.4. The van der Waals surface area contributed by atoms with E-state index < -0.39 is 16.6 Å². The van der Waals surface area contributed by atoms with Gasteiger partial charge in [-0.3, -0.25) is 0 Å². The average Bonchev–Trinajstić information content (AvgIpc) is 3.28. The molecule has 0 saturated heterocycles. The van der Waals surface area contributed by atoms with Gasteiger partial charge in [-0.2, -0.15) is 0 Å². The van der Waals surface area contributed by atoms with Crippen molar-refractivity contribution in [2.45, 2.75) is 102 Å². The SMILES string of the molecule is CC(C)(C)[Si](C)(C)OC1=CC(CCC2C=C(O[Si](C)(C)C(C)(C)C)c3ccccc32)c2ccccc21. The van der Waals surface area contributed by atoms with Gasteiger partial charge >= 0.3 is 0 Å². The van der Waals surface area contributed by atoms with Crippen LogP contribution in [0.25, 0.3) is 11.5 Å². The van der Waals surface area contributed by atoms with Crippen molar-refractivity contribution in [1.29, 1.82) is 0 Å². The van der Waals surface area contributed by atoms with Crippen molar-refractivity contribution < 1.29 is 8.85 Å². The highest BCUT2D eigenvalue weighted by Crippen LogP contribution is 2.48. The summed E-state index contributed by atoms with van der Waals surface area (Å²) in [4.78, 5) is 0. The van der Waals surface area contributed by atoms with Crippen molar-refractivity contribution in [2.75, 3.05) is 0 Å². The zero-order valence-corrected chi connectivity index (χ0v) is 26.2. The Labute approximate surface area is 222 Å². The van der Waals surface area contributed by atoms with Crippen LogP contribution >= 0.6 is 0 Å². The number of allylic oxidation sites excluding steroid dienone is 2. The second kappa shape index (κ2) is 9.36. The molecule has 2 nitrogen and oxygen atoms in total. The van der Waals surface area contributed by atoms with E-state index in [1.807, 2.05) is 0 Å². The van der Waals surface area contributed by atoms with Crippen LogP contribution in [0.1, 0.15) is 88.5 Å². The number of hydrogen-bond acceptors (Lipinski definition) is 2. The summed E-state index contributed by atoms with van der Waals surface area (Å²) >= 11 is 0. The summed E-state index contributed by atoms with van der Waals surface area (Å²) in [5.41, 5.74) is 5.41. The van der Waals surface area contributed by atoms with Crippen LogP contribution in [0.4, 0.5) is 0 Å². The molecule has 2 aliphatic carbocycles. The van der Waals surface area contributed by atoms with Crippen LogP contribution in [0, 0.1) is 0 Å². The lowest BCUT2D eigenvalue weighted by Crippen LogP contribution is -2.40. The predicted molar refractivity (Wildman–Crippen MR) is 160 cm³/mol. The van der Waals surface area contributed by atoms with Crippen molar-refractivity contribution in [3.05, 3.63) is 82.9 Å². The second-order valence-corrected chi connectivity index (χ2v) is 23.2. The summed E-state index contributed by atoms with van der Waals surface area (Å²) in [5, 5.41) is 0.361. The number of hydrogen-bond donors (Lipinski definition) is 0. The maximum Gasteiger partial charge on any atom is 0.250 e. The molecule has 2 unspecified atom stereocenters. The molecule has 0 bridgehead atoms. The first kappa shape index (κ1) is 27.0. The summed E-state index contributed by atoms with van der Waals surface area (Å²) in [6.45, 7) is 23.2. The molecule has 4 heteroatoms. The Kier molecular flexibility index (Phi) is 7.02. The van der Waals surface area contributed by atoms with E-state index in [1.165, 1.54) is 22.3 Å². The normalized spacial score (nSPS) is 19.9. The fourth-order valence-electron chi connectivity index (χ4n) is 4.68. The van der Waals surface area contributed by atoms with Gasteiger partial charge in [-0.1, -0.05) is 90.1 Å². The number of benzene rings is 2. The maximum atomic E-state index is 6.82. The molecule has 2 atom stereocenters. The Morgan fingerprint density at radius 2 is 0.917 bits per heavy atom. The fourth-order valence-corrected chi connectivity index (χ4v) is 6.75. The third-order valence-electron chi connectivity index (χ3n) is 9.09. The van der Waals surface area contributed by atoms with Gasteiger partial charge in [0, 0.05) is 23.0 Å². The Morgan fingerprint density at radius 3 is 1.25 bits per heavy atom. The summed E-state index contributed by atoms with van der Waals surface area (Å²) in [5.74, 6) is 3.00. The van der Waals surface area contributed by atoms with Gasteiger partial charge in [0.05, 0.1) is 0 Å². The maximum absolute atomic E-state index is 6.82. The molecule has 4 rings (SSSR count). The smallest absolute Gasteiger partial charge is 0.250 e. The molecule has 36 heavy (non-hydrogen) atoms. The molecule has 0 N–H and O–H groups in total. The topological polar surface area (TPSA) is 18.5 Å². The quantitative estimate of drug-likeness (QED) is 0.339. The van der Waals surface area contributed by atoms with Crippen LogP contribution < -0.4 is 0 Å². The van der Waals surface area contributed by atoms with Crippen LogP contribution in [0.3, 0.4) is 0 Å². The van der Waals surface area contributed by atoms with Gasteiger partial charge in [0.25, 0.3) is 0 Å². The minimum absolute atomic E-state index is 0.180. The van der Waals surface area contributed by atoms with Gasteiger partial charge in [-0.05, 0) is 72.4 Å². The van der Waals surface area contributed by atoms with E-state index in [1.54, 1.807) is 0 Å². The lowest BCUT2D eigenvalue weighted by Gasteiger charge is -2.37. The Hall–Kier alpha value is -2.05. The predicted octanol–water partition coefficient (Wildman–Crippen LogP) is 10.1. The van der Waals surface area contributed by atoms with Crippen LogP contribution in [0.2, 0.25) is 36.3 Å². The number of fused-ring (bicyclic) bond motifs is 2. The number of rotatable bonds is 7. The van der Waals surface area contributed by atoms with E-state index in [0.29, 0.717) is 11.8 Å². The molecular formula is C32H46O2Si2. The summed E-state index contributed by atoms with van der Waals surface area (Å²) in [7, 11) is -3.80. The third kappa shape index (κ3) is 5.17. The van der Waals surface area contributed by atoms with Gasteiger partial charge < -0.3 is 8.85 Å². The molecule has 2 aliphatic rings. The highest BCUT2D eigenvalue weighted by Gasteiger charge is 2.42. The molecule has 0 amide bonds. The lowest BCUT2D eigenvalue weighted by molar-refractivity contribution is 0.457. The van der Waals surface area contributed by atoms with Crippen molar-refractivity contribution in [3.63, 3.8) is 0 Å². The standard InChI is InChI=1S/C32H46O2Si2/c1-31(2,3)35(7,8)33-29-21-23(25-15-11-13-17-27(25)29)19-20-24-22-30(28-18-14-12-16-26(24)28)34-36(9,10)32(4,5)6/h11-18,21-24H,19-20H2,1-10H3. The monoisotopic (exact) mass is 518 g/mol. The zero-order chi connectivity index (χ0) is 26.5. The molecule has 0 spiro atoms. The van der Waals surface area contributed by atoms with Gasteiger partial charge in [0.1, 0.15) is 11.5 Å². The van der Waals surface area contributed by atoms with Crippen molar-refractivity contribution in [3.8, 4) is 0 Å². The van der Waals surface area contributed by atoms with E-state index >= 15 is 0 Å². The average molecular weight is 519 g/mol. The Bertz CT molecular complexity index is 1080. The summed E-state index contributed by atoms with van der Waals surface area (Å²) in [6.07, 6.45) is 7.01.